The Labute approximate surface area is 171 Å². The van der Waals surface area contributed by atoms with Crippen LogP contribution in [0, 0.1) is 0 Å². The average molecular weight is 411 g/mol. The monoisotopic (exact) mass is 410 g/mol. The van der Waals surface area contributed by atoms with E-state index in [0.29, 0.717) is 6.42 Å². The SMILES string of the molecule is CC(C)n1cc(-c2cnn(CC(=O)O)c2)c2cnc(Cc3ccnc(Cl)n3)cc21. The molecular weight excluding hydrogens is 392 g/mol. The second kappa shape index (κ2) is 7.63. The normalized spacial score (nSPS) is 11.4. The fourth-order valence-corrected chi connectivity index (χ4v) is 3.49. The highest BCUT2D eigenvalue weighted by molar-refractivity contribution is 6.28. The summed E-state index contributed by atoms with van der Waals surface area (Å²) >= 11 is 5.89. The topological polar surface area (TPSA) is 98.7 Å². The number of halogens is 1. The Morgan fingerprint density at radius 1 is 1.21 bits per heavy atom. The number of aliphatic carboxylic acids is 1. The summed E-state index contributed by atoms with van der Waals surface area (Å²) in [5.74, 6) is -0.930. The molecule has 9 heteroatoms. The van der Waals surface area contributed by atoms with Crippen molar-refractivity contribution in [1.82, 2.24) is 29.3 Å². The molecule has 0 saturated carbocycles. The zero-order valence-corrected chi connectivity index (χ0v) is 16.7. The van der Waals surface area contributed by atoms with Gasteiger partial charge in [-0.3, -0.25) is 14.5 Å². The molecule has 1 N–H and O–H groups in total. The maximum Gasteiger partial charge on any atom is 0.325 e. The van der Waals surface area contributed by atoms with E-state index in [1.54, 1.807) is 18.6 Å². The molecule has 0 saturated heterocycles. The summed E-state index contributed by atoms with van der Waals surface area (Å²) in [6, 6.07) is 4.11. The molecule has 4 rings (SSSR count). The third-order valence-electron chi connectivity index (χ3n) is 4.62. The molecule has 148 valence electrons. The molecule has 0 aliphatic rings. The van der Waals surface area contributed by atoms with Crippen LogP contribution in [-0.4, -0.2) is 40.4 Å². The zero-order valence-electron chi connectivity index (χ0n) is 15.9. The zero-order chi connectivity index (χ0) is 20.5. The molecule has 0 aromatic carbocycles. The molecule has 8 nitrogen and oxygen atoms in total. The summed E-state index contributed by atoms with van der Waals surface area (Å²) in [7, 11) is 0. The van der Waals surface area contributed by atoms with Crippen molar-refractivity contribution in [1.29, 1.82) is 0 Å². The highest BCUT2D eigenvalue weighted by Crippen LogP contribution is 2.32. The number of hydrogen-bond donors (Lipinski definition) is 1. The van der Waals surface area contributed by atoms with Crippen molar-refractivity contribution in [2.24, 2.45) is 0 Å². The van der Waals surface area contributed by atoms with Crippen LogP contribution in [0.25, 0.3) is 22.0 Å². The molecule has 0 atom stereocenters. The molecule has 0 fully saturated rings. The van der Waals surface area contributed by atoms with Gasteiger partial charge < -0.3 is 9.67 Å². The number of carbonyl (C=O) groups is 1. The van der Waals surface area contributed by atoms with Gasteiger partial charge in [-0.1, -0.05) is 0 Å². The first-order chi connectivity index (χ1) is 13.9. The van der Waals surface area contributed by atoms with Gasteiger partial charge in [0.1, 0.15) is 6.54 Å². The number of rotatable bonds is 6. The predicted molar refractivity (Wildman–Crippen MR) is 109 cm³/mol. The van der Waals surface area contributed by atoms with Crippen LogP contribution in [0.15, 0.2) is 43.1 Å². The number of carboxylic acid groups (broad SMARTS) is 1. The molecular formula is C20H19ClN6O2. The summed E-state index contributed by atoms with van der Waals surface area (Å²) in [6.07, 6.45) is 9.50. The predicted octanol–water partition coefficient (Wildman–Crippen LogP) is 3.60. The van der Waals surface area contributed by atoms with Crippen LogP contribution in [0.3, 0.4) is 0 Å². The largest absolute Gasteiger partial charge is 0.480 e. The fraction of sp³-hybridized carbons (Fsp3) is 0.250. The molecule has 0 unspecified atom stereocenters. The number of fused-ring (bicyclic) bond motifs is 1. The number of carboxylic acids is 1. The average Bonchev–Trinajstić information content (AvgIpc) is 3.25. The van der Waals surface area contributed by atoms with Gasteiger partial charge >= 0.3 is 5.97 Å². The number of aromatic nitrogens is 6. The smallest absolute Gasteiger partial charge is 0.325 e. The first-order valence-corrected chi connectivity index (χ1v) is 9.50. The minimum absolute atomic E-state index is 0.174. The van der Waals surface area contributed by atoms with Crippen molar-refractivity contribution >= 4 is 28.5 Å². The van der Waals surface area contributed by atoms with Gasteiger partial charge in [0.25, 0.3) is 0 Å². The second-order valence-corrected chi connectivity index (χ2v) is 7.39. The van der Waals surface area contributed by atoms with E-state index in [2.05, 4.69) is 50.7 Å². The van der Waals surface area contributed by atoms with Crippen LogP contribution in [0.5, 0.6) is 0 Å². The first kappa shape index (κ1) is 19.1. The maximum absolute atomic E-state index is 10.9. The van der Waals surface area contributed by atoms with Gasteiger partial charge in [0.2, 0.25) is 5.28 Å². The summed E-state index contributed by atoms with van der Waals surface area (Å²) in [5.41, 5.74) is 4.54. The van der Waals surface area contributed by atoms with Crippen LogP contribution in [0.1, 0.15) is 31.3 Å². The third-order valence-corrected chi connectivity index (χ3v) is 4.80. The Balaban J connectivity index is 1.75. The first-order valence-electron chi connectivity index (χ1n) is 9.12. The van der Waals surface area contributed by atoms with Crippen molar-refractivity contribution in [3.8, 4) is 11.1 Å². The Hall–Kier alpha value is -3.26. The van der Waals surface area contributed by atoms with Crippen molar-refractivity contribution in [2.75, 3.05) is 0 Å². The standard InChI is InChI=1S/C20H19ClN6O2/c1-12(2)27-10-17(13-7-24-26(9-13)11-19(28)29)16-8-23-15(6-18(16)27)5-14-3-4-22-20(21)25-14/h3-4,6-10,12H,5,11H2,1-2H3,(H,28,29). The molecule has 0 aliphatic carbocycles. The summed E-state index contributed by atoms with van der Waals surface area (Å²) in [6.45, 7) is 4.05. The summed E-state index contributed by atoms with van der Waals surface area (Å²) in [5, 5.41) is 14.3. The van der Waals surface area contributed by atoms with Crippen LogP contribution in [-0.2, 0) is 17.8 Å². The highest BCUT2D eigenvalue weighted by Gasteiger charge is 2.16. The lowest BCUT2D eigenvalue weighted by atomic mass is 10.1. The molecule has 4 aromatic heterocycles. The van der Waals surface area contributed by atoms with E-state index in [4.69, 9.17) is 16.7 Å². The van der Waals surface area contributed by atoms with E-state index in [1.165, 1.54) is 4.68 Å². The maximum atomic E-state index is 10.9. The summed E-state index contributed by atoms with van der Waals surface area (Å²) in [4.78, 5) is 23.7. The van der Waals surface area contributed by atoms with E-state index < -0.39 is 5.97 Å². The Morgan fingerprint density at radius 2 is 2.03 bits per heavy atom. The van der Waals surface area contributed by atoms with Crippen molar-refractivity contribution in [2.45, 2.75) is 32.9 Å². The quantitative estimate of drug-likeness (QED) is 0.487. The fourth-order valence-electron chi connectivity index (χ4n) is 3.32. The molecule has 0 bridgehead atoms. The lowest BCUT2D eigenvalue weighted by molar-refractivity contribution is -0.137. The van der Waals surface area contributed by atoms with Crippen LogP contribution in [0.2, 0.25) is 5.28 Å². The van der Waals surface area contributed by atoms with Gasteiger partial charge in [-0.25, -0.2) is 9.97 Å². The molecule has 0 radical (unpaired) electrons. The second-order valence-electron chi connectivity index (χ2n) is 7.05. The van der Waals surface area contributed by atoms with E-state index in [9.17, 15) is 4.79 Å². The minimum Gasteiger partial charge on any atom is -0.480 e. The molecule has 4 heterocycles. The van der Waals surface area contributed by atoms with Crippen LogP contribution in [0.4, 0.5) is 0 Å². The van der Waals surface area contributed by atoms with Crippen molar-refractivity contribution in [3.05, 3.63) is 59.8 Å². The van der Waals surface area contributed by atoms with E-state index in [1.807, 2.05) is 12.3 Å². The van der Waals surface area contributed by atoms with Crippen molar-refractivity contribution < 1.29 is 9.90 Å². The number of pyridine rings is 1. The molecule has 0 spiro atoms. The minimum atomic E-state index is -0.930. The Morgan fingerprint density at radius 3 is 2.76 bits per heavy atom. The number of hydrogen-bond acceptors (Lipinski definition) is 5. The van der Waals surface area contributed by atoms with E-state index in [-0.39, 0.29) is 17.9 Å². The van der Waals surface area contributed by atoms with Crippen LogP contribution >= 0.6 is 11.6 Å². The lowest BCUT2D eigenvalue weighted by Crippen LogP contribution is -2.08. The van der Waals surface area contributed by atoms with Gasteiger partial charge in [-0.15, -0.1) is 0 Å². The third kappa shape index (κ3) is 3.97. The Kier molecular flexibility index (Phi) is 5.02. The molecule has 0 amide bonds. The molecule has 4 aromatic rings. The van der Waals surface area contributed by atoms with Gasteiger partial charge in [-0.2, -0.15) is 5.10 Å². The van der Waals surface area contributed by atoms with Gasteiger partial charge in [0.05, 0.1) is 17.4 Å². The van der Waals surface area contributed by atoms with E-state index >= 15 is 0 Å². The van der Waals surface area contributed by atoms with Gasteiger partial charge in [0, 0.05) is 59.5 Å². The van der Waals surface area contributed by atoms with Crippen LogP contribution < -0.4 is 0 Å². The van der Waals surface area contributed by atoms with Gasteiger partial charge in [-0.05, 0) is 37.6 Å². The molecule has 29 heavy (non-hydrogen) atoms. The van der Waals surface area contributed by atoms with Crippen molar-refractivity contribution in [3.63, 3.8) is 0 Å². The van der Waals surface area contributed by atoms with Gasteiger partial charge in [0.15, 0.2) is 0 Å². The van der Waals surface area contributed by atoms with E-state index in [0.717, 1.165) is 33.4 Å². The highest BCUT2D eigenvalue weighted by atomic mass is 35.5. The summed E-state index contributed by atoms with van der Waals surface area (Å²) < 4.78 is 3.59. The number of nitrogens with zero attached hydrogens (tertiary/aromatic N) is 6. The lowest BCUT2D eigenvalue weighted by Gasteiger charge is -2.09. The molecule has 0 aliphatic heterocycles. The Bertz CT molecular complexity index is 1200.